The van der Waals surface area contributed by atoms with Crippen LogP contribution in [-0.4, -0.2) is 0 Å². The lowest BCUT2D eigenvalue weighted by Gasteiger charge is -2.53. The molecule has 4 aromatic carbocycles. The van der Waals surface area contributed by atoms with Crippen molar-refractivity contribution in [1.29, 1.82) is 0 Å². The lowest BCUT2D eigenvalue weighted by molar-refractivity contribution is 0.132. The molecule has 0 radical (unpaired) electrons. The van der Waals surface area contributed by atoms with Crippen LogP contribution >= 0.6 is 0 Å². The average Bonchev–Trinajstić information content (AvgIpc) is 2.85. The first-order chi connectivity index (χ1) is 15.6. The van der Waals surface area contributed by atoms with Crippen molar-refractivity contribution < 1.29 is 0 Å². The molecule has 0 aliphatic heterocycles. The van der Waals surface area contributed by atoms with Gasteiger partial charge < -0.3 is 0 Å². The highest BCUT2D eigenvalue weighted by Crippen LogP contribution is 2.63. The maximum absolute atomic E-state index is 2.48. The van der Waals surface area contributed by atoms with Crippen LogP contribution in [0.2, 0.25) is 0 Å². The van der Waals surface area contributed by atoms with E-state index >= 15 is 0 Å². The quantitative estimate of drug-likeness (QED) is 0.312. The van der Waals surface area contributed by atoms with Crippen LogP contribution in [0.25, 0.3) is 0 Å². The molecule has 32 heavy (non-hydrogen) atoms. The molecule has 4 aromatic rings. The van der Waals surface area contributed by atoms with Gasteiger partial charge in [-0.3, -0.25) is 0 Å². The van der Waals surface area contributed by atoms with Crippen LogP contribution in [0, 0.1) is 5.41 Å². The van der Waals surface area contributed by atoms with E-state index in [4.69, 9.17) is 0 Å². The van der Waals surface area contributed by atoms with Crippen LogP contribution in [0.1, 0.15) is 66.2 Å². The van der Waals surface area contributed by atoms with E-state index in [-0.39, 0.29) is 5.41 Å². The molecule has 0 amide bonds. The molecule has 160 valence electrons. The van der Waals surface area contributed by atoms with Crippen molar-refractivity contribution in [2.45, 2.75) is 43.9 Å². The highest BCUT2D eigenvalue weighted by molar-refractivity contribution is 5.41. The second-order valence-corrected chi connectivity index (χ2v) is 9.97. The van der Waals surface area contributed by atoms with Gasteiger partial charge in [-0.15, -0.1) is 0 Å². The van der Waals surface area contributed by atoms with Crippen molar-refractivity contribution in [1.82, 2.24) is 0 Å². The van der Waals surface area contributed by atoms with Gasteiger partial charge in [0, 0.05) is 0 Å². The lowest BCUT2D eigenvalue weighted by Crippen LogP contribution is -2.40. The fourth-order valence-corrected chi connectivity index (χ4v) is 6.30. The maximum atomic E-state index is 2.48. The third kappa shape index (κ3) is 3.91. The summed E-state index contributed by atoms with van der Waals surface area (Å²) in [4.78, 5) is 0. The molecule has 5 rings (SSSR count). The minimum absolute atomic E-state index is 0.160. The van der Waals surface area contributed by atoms with Gasteiger partial charge in [0.2, 0.25) is 0 Å². The van der Waals surface area contributed by atoms with Crippen molar-refractivity contribution in [2.75, 3.05) is 0 Å². The second-order valence-electron chi connectivity index (χ2n) is 9.97. The summed E-state index contributed by atoms with van der Waals surface area (Å²) < 4.78 is 0. The van der Waals surface area contributed by atoms with Crippen molar-refractivity contribution in [3.05, 3.63) is 144 Å². The average molecular weight is 417 g/mol. The van der Waals surface area contributed by atoms with Gasteiger partial charge in [0.25, 0.3) is 0 Å². The predicted molar refractivity (Wildman–Crippen MR) is 135 cm³/mol. The highest BCUT2D eigenvalue weighted by Gasteiger charge is 2.50. The fourth-order valence-electron chi connectivity index (χ4n) is 6.30. The monoisotopic (exact) mass is 416 g/mol. The van der Waals surface area contributed by atoms with Gasteiger partial charge in [0.1, 0.15) is 0 Å². The Morgan fingerprint density at radius 2 is 0.844 bits per heavy atom. The second kappa shape index (κ2) is 8.79. The molecule has 0 aromatic heterocycles. The molecule has 1 saturated carbocycles. The molecular formula is C32H32. The predicted octanol–water partition coefficient (Wildman–Crippen LogP) is 8.55. The molecule has 1 aliphatic rings. The summed E-state index contributed by atoms with van der Waals surface area (Å²) in [6, 6.07) is 44.9. The Balaban J connectivity index is 1.75. The minimum atomic E-state index is 0.160. The smallest absolute Gasteiger partial charge is 0.00132 e. The molecule has 1 aliphatic carbocycles. The van der Waals surface area contributed by atoms with E-state index in [0.29, 0.717) is 23.7 Å². The van der Waals surface area contributed by atoms with Gasteiger partial charge in [-0.25, -0.2) is 0 Å². The summed E-state index contributed by atoms with van der Waals surface area (Å²) in [5.74, 6) is 1.73. The summed E-state index contributed by atoms with van der Waals surface area (Å²) >= 11 is 0. The summed E-state index contributed by atoms with van der Waals surface area (Å²) in [5, 5.41) is 0. The normalized spacial score (nSPS) is 24.7. The molecule has 0 bridgehead atoms. The third-order valence-corrected chi connectivity index (χ3v) is 7.52. The molecule has 4 atom stereocenters. The van der Waals surface area contributed by atoms with E-state index in [1.54, 1.807) is 0 Å². The number of rotatable bonds is 4. The van der Waals surface area contributed by atoms with E-state index in [1.165, 1.54) is 28.7 Å². The Hall–Kier alpha value is -3.12. The lowest BCUT2D eigenvalue weighted by atomic mass is 9.51. The van der Waals surface area contributed by atoms with Crippen molar-refractivity contribution in [2.24, 2.45) is 5.41 Å². The van der Waals surface area contributed by atoms with Crippen LogP contribution in [0.5, 0.6) is 0 Å². The largest absolute Gasteiger partial charge is 0.0622 e. The van der Waals surface area contributed by atoms with Crippen LogP contribution in [0.4, 0.5) is 0 Å². The Kier molecular flexibility index (Phi) is 5.70. The van der Waals surface area contributed by atoms with Gasteiger partial charge in [-0.1, -0.05) is 135 Å². The zero-order valence-electron chi connectivity index (χ0n) is 19.1. The van der Waals surface area contributed by atoms with Crippen LogP contribution in [0.3, 0.4) is 0 Å². The Bertz CT molecular complexity index is 1110. The molecule has 0 nitrogen and oxygen atoms in total. The molecule has 0 N–H and O–H groups in total. The number of benzene rings is 4. The van der Waals surface area contributed by atoms with Gasteiger partial charge in [0.05, 0.1) is 0 Å². The zero-order valence-corrected chi connectivity index (χ0v) is 19.1. The van der Waals surface area contributed by atoms with Gasteiger partial charge in [-0.2, -0.15) is 0 Å². The maximum Gasteiger partial charge on any atom is -0.00132 e. The van der Waals surface area contributed by atoms with E-state index in [1.807, 2.05) is 0 Å². The van der Waals surface area contributed by atoms with Gasteiger partial charge >= 0.3 is 0 Å². The van der Waals surface area contributed by atoms with E-state index in [0.717, 1.165) is 0 Å². The first kappa shape index (κ1) is 20.8. The van der Waals surface area contributed by atoms with Crippen molar-refractivity contribution >= 4 is 0 Å². The first-order valence-electron chi connectivity index (χ1n) is 11.8. The fraction of sp³-hybridized carbons (Fsp3) is 0.250. The molecule has 0 saturated heterocycles. The molecule has 0 spiro atoms. The Morgan fingerprint density at radius 1 is 0.469 bits per heavy atom. The first-order valence-corrected chi connectivity index (χ1v) is 11.8. The van der Waals surface area contributed by atoms with E-state index in [2.05, 4.69) is 135 Å². The van der Waals surface area contributed by atoms with Gasteiger partial charge in [0.15, 0.2) is 0 Å². The van der Waals surface area contributed by atoms with Crippen molar-refractivity contribution in [3.8, 4) is 0 Å². The Morgan fingerprint density at radius 3 is 1.31 bits per heavy atom. The van der Waals surface area contributed by atoms with Crippen LogP contribution in [-0.2, 0) is 0 Å². The van der Waals surface area contributed by atoms with Crippen LogP contribution < -0.4 is 0 Å². The SMILES string of the molecule is CC1(C)CC(c2ccccc2)C(c2ccccc2)C(c2ccccc2)C1c1ccccc1. The molecular weight excluding hydrogens is 384 g/mol. The topological polar surface area (TPSA) is 0 Å². The standard InChI is InChI=1S/C32H32/c1-32(2)23-28(24-15-7-3-8-16-24)29(25-17-9-4-10-18-25)30(26-19-11-5-12-20-26)31(32)27-21-13-6-14-22-27/h3-22,28-31H,23H2,1-2H3. The molecule has 0 heterocycles. The molecule has 0 heteroatoms. The van der Waals surface area contributed by atoms with Crippen LogP contribution in [0.15, 0.2) is 121 Å². The molecule has 1 fully saturated rings. The van der Waals surface area contributed by atoms with E-state index < -0.39 is 0 Å². The number of hydrogen-bond donors (Lipinski definition) is 0. The van der Waals surface area contributed by atoms with E-state index in [9.17, 15) is 0 Å². The summed E-state index contributed by atoms with van der Waals surface area (Å²) in [5.41, 5.74) is 5.98. The highest BCUT2D eigenvalue weighted by atomic mass is 14.5. The third-order valence-electron chi connectivity index (χ3n) is 7.52. The summed E-state index contributed by atoms with van der Waals surface area (Å²) in [6.45, 7) is 4.97. The Labute approximate surface area is 193 Å². The van der Waals surface area contributed by atoms with Crippen molar-refractivity contribution in [3.63, 3.8) is 0 Å². The van der Waals surface area contributed by atoms with Gasteiger partial charge in [-0.05, 0) is 57.8 Å². The molecule has 4 unspecified atom stereocenters. The minimum Gasteiger partial charge on any atom is -0.0622 e. The number of hydrogen-bond acceptors (Lipinski definition) is 0. The summed E-state index contributed by atoms with van der Waals surface area (Å²) in [7, 11) is 0. The zero-order chi connectivity index (χ0) is 22.0. The summed E-state index contributed by atoms with van der Waals surface area (Å²) in [6.07, 6.45) is 1.17.